The average Bonchev–Trinajstić information content (AvgIpc) is 2.65. The Morgan fingerprint density at radius 3 is 2.81 bits per heavy atom. The molecule has 0 aliphatic heterocycles. The quantitative estimate of drug-likeness (QED) is 0.865. The van der Waals surface area contributed by atoms with Crippen LogP contribution in [0.4, 0.5) is 10.2 Å². The zero-order valence-electron chi connectivity index (χ0n) is 8.98. The number of hydrogen-bond donors (Lipinski definition) is 1. The van der Waals surface area contributed by atoms with E-state index in [1.807, 2.05) is 24.3 Å². The van der Waals surface area contributed by atoms with Gasteiger partial charge in [-0.3, -0.25) is 0 Å². The average molecular weight is 220 g/mol. The van der Waals surface area contributed by atoms with Crippen molar-refractivity contribution in [2.24, 2.45) is 0 Å². The Morgan fingerprint density at radius 1 is 1.44 bits per heavy atom. The van der Waals surface area contributed by atoms with Gasteiger partial charge in [-0.25, -0.2) is 4.39 Å². The van der Waals surface area contributed by atoms with Gasteiger partial charge in [-0.1, -0.05) is 29.4 Å². The van der Waals surface area contributed by atoms with Crippen LogP contribution >= 0.6 is 0 Å². The summed E-state index contributed by atoms with van der Waals surface area (Å²) in [5, 5.41) is 3.62. The molecule has 0 spiro atoms. The minimum absolute atomic E-state index is 0.332. The van der Waals surface area contributed by atoms with Crippen LogP contribution in [0.15, 0.2) is 34.9 Å². The third-order valence-electron chi connectivity index (χ3n) is 2.31. The van der Waals surface area contributed by atoms with Crippen LogP contribution in [0.1, 0.15) is 12.5 Å². The van der Waals surface area contributed by atoms with E-state index in [1.165, 1.54) is 6.92 Å². The number of nitrogens with two attached hydrogens (primary N) is 1. The van der Waals surface area contributed by atoms with Crippen molar-refractivity contribution < 1.29 is 8.91 Å². The number of benzene rings is 1. The van der Waals surface area contributed by atoms with Gasteiger partial charge in [0.05, 0.1) is 0 Å². The van der Waals surface area contributed by atoms with E-state index in [4.69, 9.17) is 10.3 Å². The highest BCUT2D eigenvalue weighted by Gasteiger charge is 2.11. The third kappa shape index (κ3) is 2.21. The summed E-state index contributed by atoms with van der Waals surface area (Å²) in [6, 6.07) is 9.14. The predicted molar refractivity (Wildman–Crippen MR) is 60.6 cm³/mol. The summed E-state index contributed by atoms with van der Waals surface area (Å²) >= 11 is 0. The SMILES string of the molecule is CC(F)Cc1ccccc1-c1cc(N)no1. The van der Waals surface area contributed by atoms with E-state index in [0.29, 0.717) is 18.0 Å². The molecule has 0 aliphatic rings. The maximum absolute atomic E-state index is 13.0. The molecule has 0 radical (unpaired) electrons. The minimum Gasteiger partial charge on any atom is -0.381 e. The number of rotatable bonds is 3. The van der Waals surface area contributed by atoms with Crippen LogP contribution in [-0.2, 0) is 6.42 Å². The molecule has 84 valence electrons. The molecule has 1 unspecified atom stereocenters. The lowest BCUT2D eigenvalue weighted by Crippen LogP contribution is -1.99. The van der Waals surface area contributed by atoms with E-state index in [0.717, 1.165) is 11.1 Å². The molecule has 0 fully saturated rings. The van der Waals surface area contributed by atoms with Gasteiger partial charge in [-0.2, -0.15) is 0 Å². The first-order chi connectivity index (χ1) is 7.66. The Hall–Kier alpha value is -1.84. The molecule has 0 amide bonds. The summed E-state index contributed by atoms with van der Waals surface area (Å²) in [6.45, 7) is 1.53. The molecular weight excluding hydrogens is 207 g/mol. The van der Waals surface area contributed by atoms with Crippen LogP contribution in [0.25, 0.3) is 11.3 Å². The number of alkyl halides is 1. The zero-order valence-corrected chi connectivity index (χ0v) is 8.98. The van der Waals surface area contributed by atoms with Crippen molar-refractivity contribution in [2.45, 2.75) is 19.5 Å². The molecule has 1 aromatic heterocycles. The number of aromatic nitrogens is 1. The second-order valence-corrected chi connectivity index (χ2v) is 3.76. The molecule has 0 saturated carbocycles. The molecule has 2 N–H and O–H groups in total. The highest BCUT2D eigenvalue weighted by atomic mass is 19.1. The molecule has 1 heterocycles. The molecule has 0 saturated heterocycles. The van der Waals surface area contributed by atoms with Gasteiger partial charge < -0.3 is 10.3 Å². The van der Waals surface area contributed by atoms with Gasteiger partial charge in [0.1, 0.15) is 6.17 Å². The van der Waals surface area contributed by atoms with Crippen molar-refractivity contribution in [3.63, 3.8) is 0 Å². The van der Waals surface area contributed by atoms with Crippen LogP contribution in [-0.4, -0.2) is 11.3 Å². The maximum Gasteiger partial charge on any atom is 0.169 e. The standard InChI is InChI=1S/C12H13FN2O/c1-8(13)6-9-4-2-3-5-10(9)11-7-12(14)15-16-11/h2-5,7-8H,6H2,1H3,(H2,14,15). The van der Waals surface area contributed by atoms with E-state index in [1.54, 1.807) is 6.07 Å². The topological polar surface area (TPSA) is 52.0 Å². The van der Waals surface area contributed by atoms with Gasteiger partial charge in [0.15, 0.2) is 11.6 Å². The van der Waals surface area contributed by atoms with Gasteiger partial charge in [0.25, 0.3) is 0 Å². The van der Waals surface area contributed by atoms with E-state index >= 15 is 0 Å². The molecule has 0 aliphatic carbocycles. The highest BCUT2D eigenvalue weighted by Crippen LogP contribution is 2.26. The Labute approximate surface area is 93.1 Å². The lowest BCUT2D eigenvalue weighted by molar-refractivity contribution is 0.360. The molecule has 1 aromatic carbocycles. The molecule has 2 aromatic rings. The largest absolute Gasteiger partial charge is 0.381 e. The fraction of sp³-hybridized carbons (Fsp3) is 0.250. The Balaban J connectivity index is 2.40. The predicted octanol–water partition coefficient (Wildman–Crippen LogP) is 2.82. The minimum atomic E-state index is -0.888. The van der Waals surface area contributed by atoms with Crippen LogP contribution in [0.2, 0.25) is 0 Å². The number of nitrogens with zero attached hydrogens (tertiary/aromatic N) is 1. The first kappa shape index (κ1) is 10.7. The van der Waals surface area contributed by atoms with E-state index in [2.05, 4.69) is 5.16 Å². The fourth-order valence-electron chi connectivity index (χ4n) is 1.66. The molecule has 4 heteroatoms. The fourth-order valence-corrected chi connectivity index (χ4v) is 1.66. The molecular formula is C12H13FN2O. The first-order valence-electron chi connectivity index (χ1n) is 5.11. The second-order valence-electron chi connectivity index (χ2n) is 3.76. The van der Waals surface area contributed by atoms with Crippen LogP contribution in [0, 0.1) is 0 Å². The van der Waals surface area contributed by atoms with E-state index in [9.17, 15) is 4.39 Å². The molecule has 2 rings (SSSR count). The van der Waals surface area contributed by atoms with Crippen LogP contribution in [0.5, 0.6) is 0 Å². The van der Waals surface area contributed by atoms with E-state index < -0.39 is 6.17 Å². The summed E-state index contributed by atoms with van der Waals surface area (Å²) in [4.78, 5) is 0. The molecule has 0 bridgehead atoms. The Kier molecular flexibility index (Phi) is 2.90. The van der Waals surface area contributed by atoms with Crippen LogP contribution in [0.3, 0.4) is 0 Å². The number of hydrogen-bond acceptors (Lipinski definition) is 3. The Bertz CT molecular complexity index is 479. The van der Waals surface area contributed by atoms with E-state index in [-0.39, 0.29) is 0 Å². The highest BCUT2D eigenvalue weighted by molar-refractivity contribution is 5.64. The van der Waals surface area contributed by atoms with Gasteiger partial charge in [0, 0.05) is 18.1 Å². The van der Waals surface area contributed by atoms with Crippen molar-refractivity contribution in [1.82, 2.24) is 5.16 Å². The number of nitrogen functional groups attached to an aromatic ring is 1. The summed E-state index contributed by atoms with van der Waals surface area (Å²) in [6.07, 6.45) is -0.530. The number of halogens is 1. The Morgan fingerprint density at radius 2 is 2.19 bits per heavy atom. The first-order valence-corrected chi connectivity index (χ1v) is 5.11. The van der Waals surface area contributed by atoms with Crippen molar-refractivity contribution in [3.05, 3.63) is 35.9 Å². The van der Waals surface area contributed by atoms with Crippen molar-refractivity contribution in [2.75, 3.05) is 5.73 Å². The van der Waals surface area contributed by atoms with Crippen LogP contribution < -0.4 is 5.73 Å². The lowest BCUT2D eigenvalue weighted by Gasteiger charge is -2.06. The third-order valence-corrected chi connectivity index (χ3v) is 2.31. The van der Waals surface area contributed by atoms with Gasteiger partial charge in [0.2, 0.25) is 0 Å². The lowest BCUT2D eigenvalue weighted by atomic mass is 10.0. The molecule has 1 atom stereocenters. The summed E-state index contributed by atoms with van der Waals surface area (Å²) in [5.74, 6) is 0.909. The number of anilines is 1. The summed E-state index contributed by atoms with van der Waals surface area (Å²) < 4.78 is 18.1. The zero-order chi connectivity index (χ0) is 11.5. The van der Waals surface area contributed by atoms with Crippen molar-refractivity contribution >= 4 is 5.82 Å². The van der Waals surface area contributed by atoms with Gasteiger partial charge in [-0.15, -0.1) is 0 Å². The van der Waals surface area contributed by atoms with Gasteiger partial charge in [-0.05, 0) is 12.5 Å². The van der Waals surface area contributed by atoms with Gasteiger partial charge >= 0.3 is 0 Å². The second kappa shape index (κ2) is 4.35. The molecule has 16 heavy (non-hydrogen) atoms. The van der Waals surface area contributed by atoms with Crippen molar-refractivity contribution in [3.8, 4) is 11.3 Å². The normalized spacial score (nSPS) is 12.6. The monoisotopic (exact) mass is 220 g/mol. The maximum atomic E-state index is 13.0. The summed E-state index contributed by atoms with van der Waals surface area (Å²) in [5.41, 5.74) is 7.23. The smallest absolute Gasteiger partial charge is 0.169 e. The summed E-state index contributed by atoms with van der Waals surface area (Å²) in [7, 11) is 0. The van der Waals surface area contributed by atoms with Crippen molar-refractivity contribution in [1.29, 1.82) is 0 Å². The molecule has 3 nitrogen and oxygen atoms in total.